The number of phosphoric ester groups is 3. The molecule has 3 heterocycles. The lowest BCUT2D eigenvalue weighted by Gasteiger charge is -2.30. The maximum atomic E-state index is 12.7. The van der Waals surface area contributed by atoms with E-state index in [1.165, 1.54) is 26.0 Å². The number of nitrogens with zero attached hydrogens (tertiary/aromatic N) is 4. The van der Waals surface area contributed by atoms with E-state index in [1.54, 1.807) is 0 Å². The Balaban J connectivity index is 1.30. The number of carbonyl (C=O) groups is 3. The average molecular weight is 1080 g/mol. The monoisotopic (exact) mass is 1080 g/mol. The van der Waals surface area contributed by atoms with Gasteiger partial charge in [0.1, 0.15) is 36.3 Å². The Kier molecular flexibility index (Phi) is 25.6. The molecule has 2 aromatic rings. The van der Waals surface area contributed by atoms with Crippen LogP contribution >= 0.6 is 35.2 Å². The number of phosphoric acid groups is 3. The summed E-state index contributed by atoms with van der Waals surface area (Å²) in [5.74, 6) is -1.18. The second-order valence-electron chi connectivity index (χ2n) is 17.1. The Bertz CT molecular complexity index is 2150. The maximum Gasteiger partial charge on any atom is 0.481 e. The molecule has 1 aliphatic rings. The number of nitrogens with one attached hydrogen (secondary N) is 2. The first kappa shape index (κ1) is 61.5. The van der Waals surface area contributed by atoms with Gasteiger partial charge in [-0.05, 0) is 19.3 Å². The number of unbranched alkanes of at least 4 members (excludes halogenated alkanes) is 6. The van der Waals surface area contributed by atoms with Gasteiger partial charge in [-0.3, -0.25) is 32.5 Å². The summed E-state index contributed by atoms with van der Waals surface area (Å²) in [6.07, 6.45) is 1.64. The molecular formula is C39H68N7O20P3S. The summed E-state index contributed by atoms with van der Waals surface area (Å²) >= 11 is 1.08. The van der Waals surface area contributed by atoms with Crippen LogP contribution in [0, 0.1) is 5.41 Å². The van der Waals surface area contributed by atoms with Crippen LogP contribution in [0.1, 0.15) is 104 Å². The molecule has 13 N–H and O–H groups in total. The van der Waals surface area contributed by atoms with Crippen molar-refractivity contribution in [3.8, 4) is 0 Å². The summed E-state index contributed by atoms with van der Waals surface area (Å²) < 4.78 is 62.4. The van der Waals surface area contributed by atoms with E-state index in [-0.39, 0.29) is 41.6 Å². The SMILES string of the molecule is CCCCCC(O)C(O)/C=C/C(O)CCCCCCCC(=O)SCCNC(=O)CCNC(=O)C(O)C(C)(C)COP(=O)(O)OP(=O)(O)OCC1OC(n2cnc3c(N)ncnc32)C(O)C1OP(=O)(O)O. The molecule has 0 bridgehead atoms. The molecule has 70 heavy (non-hydrogen) atoms. The molecule has 400 valence electrons. The second kappa shape index (κ2) is 29.2. The van der Waals surface area contributed by atoms with Crippen LogP contribution in [0.25, 0.3) is 11.2 Å². The summed E-state index contributed by atoms with van der Waals surface area (Å²) in [6.45, 7) is 2.46. The zero-order valence-corrected chi connectivity index (χ0v) is 42.6. The number of hydrogen-bond acceptors (Lipinski definition) is 21. The van der Waals surface area contributed by atoms with Crippen molar-refractivity contribution in [1.82, 2.24) is 30.2 Å². The van der Waals surface area contributed by atoms with Crippen molar-refractivity contribution >= 4 is 69.1 Å². The first-order valence-corrected chi connectivity index (χ1v) is 28.0. The van der Waals surface area contributed by atoms with Gasteiger partial charge in [-0.2, -0.15) is 4.31 Å². The topological polar surface area (TPSA) is 424 Å². The van der Waals surface area contributed by atoms with Crippen molar-refractivity contribution in [2.24, 2.45) is 5.41 Å². The molecule has 3 rings (SSSR count). The van der Waals surface area contributed by atoms with E-state index < -0.39 is 103 Å². The highest BCUT2D eigenvalue weighted by Crippen LogP contribution is 2.61. The van der Waals surface area contributed by atoms with Gasteiger partial charge in [-0.15, -0.1) is 0 Å². The molecule has 1 fully saturated rings. The van der Waals surface area contributed by atoms with E-state index in [0.717, 1.165) is 73.9 Å². The lowest BCUT2D eigenvalue weighted by atomic mass is 9.87. The molecule has 2 aromatic heterocycles. The number of imidazole rings is 1. The van der Waals surface area contributed by atoms with Gasteiger partial charge in [0.2, 0.25) is 11.8 Å². The second-order valence-corrected chi connectivity index (χ2v) is 22.5. The summed E-state index contributed by atoms with van der Waals surface area (Å²) in [5.41, 5.74) is 4.24. The fourth-order valence-electron chi connectivity index (χ4n) is 6.76. The summed E-state index contributed by atoms with van der Waals surface area (Å²) in [4.78, 5) is 88.4. The highest BCUT2D eigenvalue weighted by Gasteiger charge is 2.50. The Morgan fingerprint density at radius 2 is 1.57 bits per heavy atom. The highest BCUT2D eigenvalue weighted by atomic mass is 32.2. The van der Waals surface area contributed by atoms with Crippen LogP contribution in [0.4, 0.5) is 5.82 Å². The zero-order chi connectivity index (χ0) is 52.3. The van der Waals surface area contributed by atoms with E-state index in [4.69, 9.17) is 19.5 Å². The maximum absolute atomic E-state index is 12.7. The van der Waals surface area contributed by atoms with E-state index >= 15 is 0 Å². The fraction of sp³-hybridized carbons (Fsp3) is 0.744. The number of carbonyl (C=O) groups excluding carboxylic acids is 3. The van der Waals surface area contributed by atoms with Crippen molar-refractivity contribution in [2.75, 3.05) is 37.8 Å². The predicted octanol–water partition coefficient (Wildman–Crippen LogP) is 1.61. The molecular weight excluding hydrogens is 1010 g/mol. The van der Waals surface area contributed by atoms with Crippen molar-refractivity contribution in [3.05, 3.63) is 24.8 Å². The van der Waals surface area contributed by atoms with Crippen LogP contribution in [0.3, 0.4) is 0 Å². The predicted molar refractivity (Wildman–Crippen MR) is 251 cm³/mol. The van der Waals surface area contributed by atoms with Crippen LogP contribution in [-0.4, -0.2) is 156 Å². The van der Waals surface area contributed by atoms with Crippen LogP contribution < -0.4 is 16.4 Å². The van der Waals surface area contributed by atoms with Gasteiger partial charge in [0.15, 0.2) is 22.8 Å². The largest absolute Gasteiger partial charge is 0.481 e. The minimum atomic E-state index is -5.59. The molecule has 0 aliphatic carbocycles. The number of hydrogen-bond donors (Lipinski definition) is 12. The number of aliphatic hydroxyl groups is 5. The summed E-state index contributed by atoms with van der Waals surface area (Å²) in [6, 6.07) is 0. The minimum Gasteiger partial charge on any atom is -0.390 e. The van der Waals surface area contributed by atoms with Crippen molar-refractivity contribution in [1.29, 1.82) is 0 Å². The number of aromatic nitrogens is 4. The zero-order valence-electron chi connectivity index (χ0n) is 39.1. The molecule has 0 aromatic carbocycles. The third-order valence-corrected chi connectivity index (χ3v) is 14.7. The first-order chi connectivity index (χ1) is 32.8. The van der Waals surface area contributed by atoms with Gasteiger partial charge < -0.3 is 66.2 Å². The van der Waals surface area contributed by atoms with E-state index in [9.17, 15) is 73.2 Å². The lowest BCUT2D eigenvalue weighted by Crippen LogP contribution is -2.46. The molecule has 2 amide bonds. The molecule has 1 saturated heterocycles. The van der Waals surface area contributed by atoms with Gasteiger partial charge in [-0.1, -0.05) is 89.6 Å². The number of aliphatic hydroxyl groups excluding tert-OH is 5. The fourth-order valence-corrected chi connectivity index (χ4v) is 10.3. The summed E-state index contributed by atoms with van der Waals surface area (Å²) in [5, 5.41) is 56.6. The molecule has 0 radical (unpaired) electrons. The number of amides is 2. The standard InChI is InChI=1S/C39H68N7O20P3S/c1-4-5-9-13-26(48)27(49)16-15-25(47)12-10-7-6-8-11-14-30(51)70-20-19-41-29(50)17-18-42-37(54)34(53)39(2,3)22-63-69(60,61)66-68(58,59)62-21-28-33(65-67(55,56)57)32(52)38(64-28)46-24-45-31-35(40)43-23-44-36(31)46/h15-16,23-28,32-34,38,47-49,52-53H,4-14,17-22H2,1-3H3,(H,41,50)(H,42,54)(H,58,59)(H,60,61)(H2,40,43,44)(H2,55,56,57)/b16-15+. The van der Waals surface area contributed by atoms with Crippen LogP contribution in [0.15, 0.2) is 24.8 Å². The smallest absolute Gasteiger partial charge is 0.390 e. The number of rotatable bonds is 34. The number of fused-ring (bicyclic) bond motifs is 1. The van der Waals surface area contributed by atoms with E-state index in [1.807, 2.05) is 0 Å². The quantitative estimate of drug-likeness (QED) is 0.0269. The van der Waals surface area contributed by atoms with Gasteiger partial charge in [0.05, 0.1) is 37.9 Å². The Morgan fingerprint density at radius 1 is 0.900 bits per heavy atom. The van der Waals surface area contributed by atoms with Gasteiger partial charge in [0, 0.05) is 37.1 Å². The number of nitrogens with two attached hydrogens (primary N) is 1. The van der Waals surface area contributed by atoms with Crippen LogP contribution in [-0.2, 0) is 50.7 Å². The highest BCUT2D eigenvalue weighted by molar-refractivity contribution is 8.13. The van der Waals surface area contributed by atoms with Gasteiger partial charge in [0.25, 0.3) is 0 Å². The first-order valence-electron chi connectivity index (χ1n) is 22.5. The third-order valence-electron chi connectivity index (χ3n) is 10.7. The van der Waals surface area contributed by atoms with Gasteiger partial charge >= 0.3 is 23.5 Å². The molecule has 1 aliphatic heterocycles. The Morgan fingerprint density at radius 3 is 2.27 bits per heavy atom. The molecule has 27 nitrogen and oxygen atoms in total. The number of anilines is 1. The van der Waals surface area contributed by atoms with E-state index in [0.29, 0.717) is 31.4 Å². The Hall–Kier alpha value is -2.82. The summed E-state index contributed by atoms with van der Waals surface area (Å²) in [7, 11) is -16.5. The number of thioether (sulfide) groups is 1. The molecule has 0 saturated carbocycles. The Labute approximate surface area is 408 Å². The van der Waals surface area contributed by atoms with Gasteiger partial charge in [-0.25, -0.2) is 28.6 Å². The van der Waals surface area contributed by atoms with Crippen molar-refractivity contribution in [2.45, 2.75) is 147 Å². The van der Waals surface area contributed by atoms with E-state index in [2.05, 4.69) is 41.3 Å². The normalized spacial score (nSPS) is 21.3. The lowest BCUT2D eigenvalue weighted by molar-refractivity contribution is -0.137. The molecule has 10 unspecified atom stereocenters. The third kappa shape index (κ3) is 21.7. The number of ether oxygens (including phenoxy) is 1. The average Bonchev–Trinajstić information content (AvgIpc) is 3.84. The van der Waals surface area contributed by atoms with Crippen molar-refractivity contribution in [3.63, 3.8) is 0 Å². The minimum absolute atomic E-state index is 0.0231. The molecule has 10 atom stereocenters. The number of nitrogen functional groups attached to an aromatic ring is 1. The molecule has 31 heteroatoms. The van der Waals surface area contributed by atoms with Crippen molar-refractivity contribution < 1.29 is 95.8 Å². The van der Waals surface area contributed by atoms with Crippen LogP contribution in [0.5, 0.6) is 0 Å². The molecule has 0 spiro atoms. The van der Waals surface area contributed by atoms with Crippen LogP contribution in [0.2, 0.25) is 0 Å².